The third kappa shape index (κ3) is 3.60. The molecule has 0 atom stereocenters. The molecule has 3 aromatic heterocycles. The molecule has 1 aliphatic rings. The van der Waals surface area contributed by atoms with Gasteiger partial charge in [0.1, 0.15) is 5.69 Å². The van der Waals surface area contributed by atoms with Crippen LogP contribution in [0.1, 0.15) is 0 Å². The van der Waals surface area contributed by atoms with Crippen LogP contribution >= 0.6 is 0 Å². The van der Waals surface area contributed by atoms with E-state index >= 15 is 0 Å². The molecule has 7 heteroatoms. The third-order valence-electron chi connectivity index (χ3n) is 6.46. The molecule has 0 spiro atoms. The van der Waals surface area contributed by atoms with Crippen LogP contribution in [0.15, 0.2) is 77.9 Å². The minimum atomic E-state index is -0.0888. The van der Waals surface area contributed by atoms with E-state index in [1.807, 2.05) is 54.6 Å². The zero-order valence-corrected chi connectivity index (χ0v) is 18.9. The van der Waals surface area contributed by atoms with Crippen molar-refractivity contribution in [1.29, 1.82) is 0 Å². The Hall–Kier alpha value is -4.10. The maximum Gasteiger partial charge on any atom is 0.232 e. The Labute approximate surface area is 196 Å². The van der Waals surface area contributed by atoms with Gasteiger partial charge in [-0.1, -0.05) is 42.5 Å². The lowest BCUT2D eigenvalue weighted by Gasteiger charge is -2.33. The Morgan fingerprint density at radius 3 is 2.47 bits per heavy atom. The first-order chi connectivity index (χ1) is 16.7. The average Bonchev–Trinajstić information content (AvgIpc) is 2.89. The van der Waals surface area contributed by atoms with Crippen molar-refractivity contribution in [3.63, 3.8) is 0 Å². The summed E-state index contributed by atoms with van der Waals surface area (Å²) in [5.41, 5.74) is 5.59. The largest absolute Gasteiger partial charge is 0.365 e. The highest BCUT2D eigenvalue weighted by molar-refractivity contribution is 5.90. The summed E-state index contributed by atoms with van der Waals surface area (Å²) in [7, 11) is 2.10. The highest BCUT2D eigenvalue weighted by atomic mass is 16.1. The van der Waals surface area contributed by atoms with Crippen molar-refractivity contribution in [3.05, 3.63) is 83.3 Å². The summed E-state index contributed by atoms with van der Waals surface area (Å²) in [6.07, 6.45) is 3.56. The summed E-state index contributed by atoms with van der Waals surface area (Å²) in [6.45, 7) is 3.47. The maximum atomic E-state index is 13.6. The van der Waals surface area contributed by atoms with Crippen LogP contribution in [0.5, 0.6) is 0 Å². The monoisotopic (exact) mass is 448 g/mol. The highest BCUT2D eigenvalue weighted by Crippen LogP contribution is 2.31. The molecule has 0 saturated carbocycles. The molecule has 0 amide bonds. The number of likely N-dealkylation sites (N-methyl/N-ethyl adjacent to an activating group) is 1. The molecule has 1 N–H and O–H groups in total. The predicted octanol–water partition coefficient (Wildman–Crippen LogP) is 3.95. The van der Waals surface area contributed by atoms with Crippen LogP contribution in [0.2, 0.25) is 0 Å². The molecule has 2 aromatic carbocycles. The fourth-order valence-electron chi connectivity index (χ4n) is 4.52. The standard InChI is InChI=1S/C27H24N6O/c1-32-12-14-33(15-13-32)22-17-29-27-25(26(22)34)30-24(23(31-27)18-6-3-2-4-7-18)20-9-10-21-19(16-20)8-5-11-28-21/h2-11,16-17H,12-15H2,1H3,(H,29,31,34). The molecule has 4 heterocycles. The number of nitrogens with one attached hydrogen (secondary N) is 1. The Bertz CT molecular complexity index is 1550. The molecule has 7 nitrogen and oxygen atoms in total. The van der Waals surface area contributed by atoms with Gasteiger partial charge in [0.25, 0.3) is 0 Å². The zero-order valence-electron chi connectivity index (χ0n) is 18.9. The van der Waals surface area contributed by atoms with Gasteiger partial charge in [-0.3, -0.25) is 9.78 Å². The number of hydrogen-bond acceptors (Lipinski definition) is 6. The zero-order chi connectivity index (χ0) is 23.1. The van der Waals surface area contributed by atoms with Gasteiger partial charge in [-0.05, 0) is 25.2 Å². The second-order valence-electron chi connectivity index (χ2n) is 8.69. The van der Waals surface area contributed by atoms with E-state index < -0.39 is 0 Å². The van der Waals surface area contributed by atoms with Gasteiger partial charge in [-0.25, -0.2) is 9.97 Å². The van der Waals surface area contributed by atoms with Crippen LogP contribution in [0.25, 0.3) is 44.6 Å². The summed E-state index contributed by atoms with van der Waals surface area (Å²) >= 11 is 0. The quantitative estimate of drug-likeness (QED) is 0.450. The van der Waals surface area contributed by atoms with Crippen LogP contribution in [0.3, 0.4) is 0 Å². The first kappa shape index (κ1) is 20.5. The third-order valence-corrected chi connectivity index (χ3v) is 6.46. The fraction of sp³-hybridized carbons (Fsp3) is 0.185. The Balaban J connectivity index is 1.57. The number of pyridine rings is 2. The molecule has 0 radical (unpaired) electrons. The Morgan fingerprint density at radius 2 is 1.65 bits per heavy atom. The lowest BCUT2D eigenvalue weighted by molar-refractivity contribution is 0.312. The number of fused-ring (bicyclic) bond motifs is 2. The van der Waals surface area contributed by atoms with Gasteiger partial charge < -0.3 is 14.8 Å². The van der Waals surface area contributed by atoms with E-state index in [1.54, 1.807) is 12.4 Å². The second kappa shape index (κ2) is 8.35. The summed E-state index contributed by atoms with van der Waals surface area (Å²) in [4.78, 5) is 35.5. The van der Waals surface area contributed by atoms with Crippen LogP contribution < -0.4 is 10.3 Å². The molecule has 1 aliphatic heterocycles. The van der Waals surface area contributed by atoms with E-state index in [2.05, 4.69) is 32.9 Å². The van der Waals surface area contributed by atoms with Gasteiger partial charge in [-0.15, -0.1) is 0 Å². The van der Waals surface area contributed by atoms with Crippen molar-refractivity contribution in [2.45, 2.75) is 0 Å². The van der Waals surface area contributed by atoms with E-state index in [0.29, 0.717) is 22.5 Å². The predicted molar refractivity (Wildman–Crippen MR) is 136 cm³/mol. The number of H-pyrrole nitrogens is 1. The van der Waals surface area contributed by atoms with Gasteiger partial charge in [0.15, 0.2) is 11.2 Å². The second-order valence-corrected chi connectivity index (χ2v) is 8.69. The number of aromatic amines is 1. The minimum absolute atomic E-state index is 0.0888. The van der Waals surface area contributed by atoms with Gasteiger partial charge >= 0.3 is 0 Å². The van der Waals surface area contributed by atoms with Crippen molar-refractivity contribution in [1.82, 2.24) is 24.8 Å². The first-order valence-electron chi connectivity index (χ1n) is 11.4. The van der Waals surface area contributed by atoms with Crippen molar-refractivity contribution in [2.75, 3.05) is 38.1 Å². The molecular weight excluding hydrogens is 424 g/mol. The van der Waals surface area contributed by atoms with Gasteiger partial charge in [0.05, 0.1) is 16.9 Å². The molecule has 1 saturated heterocycles. The fourth-order valence-corrected chi connectivity index (χ4v) is 4.52. The lowest BCUT2D eigenvalue weighted by atomic mass is 10.0. The number of benzene rings is 2. The maximum absolute atomic E-state index is 13.6. The number of nitrogens with zero attached hydrogens (tertiary/aromatic N) is 5. The summed E-state index contributed by atoms with van der Waals surface area (Å²) in [5, 5.41) is 1.01. The van der Waals surface area contributed by atoms with Crippen LogP contribution in [0.4, 0.5) is 5.69 Å². The lowest BCUT2D eigenvalue weighted by Crippen LogP contribution is -2.46. The topological polar surface area (TPSA) is 78.0 Å². The molecule has 1 fully saturated rings. The SMILES string of the molecule is CN1CCN(c2c[nH]c3nc(-c4ccccc4)c(-c4ccc5ncccc5c4)nc3c2=O)CC1. The molecule has 0 bridgehead atoms. The van der Waals surface area contributed by atoms with E-state index in [-0.39, 0.29) is 5.43 Å². The average molecular weight is 449 g/mol. The van der Waals surface area contributed by atoms with Gasteiger partial charge in [0.2, 0.25) is 5.43 Å². The highest BCUT2D eigenvalue weighted by Gasteiger charge is 2.21. The molecular formula is C27H24N6O. The number of hydrogen-bond donors (Lipinski definition) is 1. The summed E-state index contributed by atoms with van der Waals surface area (Å²) < 4.78 is 0. The van der Waals surface area contributed by atoms with Crippen molar-refractivity contribution < 1.29 is 0 Å². The van der Waals surface area contributed by atoms with Crippen molar-refractivity contribution in [2.24, 2.45) is 0 Å². The van der Waals surface area contributed by atoms with E-state index in [9.17, 15) is 4.79 Å². The smallest absolute Gasteiger partial charge is 0.232 e. The molecule has 168 valence electrons. The normalized spacial score (nSPS) is 14.7. The number of piperazine rings is 1. The number of aromatic nitrogens is 4. The summed E-state index contributed by atoms with van der Waals surface area (Å²) in [5.74, 6) is 0. The molecule has 6 rings (SSSR count). The first-order valence-corrected chi connectivity index (χ1v) is 11.4. The van der Waals surface area contributed by atoms with Crippen LogP contribution in [-0.2, 0) is 0 Å². The summed E-state index contributed by atoms with van der Waals surface area (Å²) in [6, 6.07) is 19.9. The van der Waals surface area contributed by atoms with Crippen molar-refractivity contribution in [3.8, 4) is 22.5 Å². The van der Waals surface area contributed by atoms with Crippen LogP contribution in [0, 0.1) is 0 Å². The van der Waals surface area contributed by atoms with E-state index in [1.165, 1.54) is 0 Å². The van der Waals surface area contributed by atoms with E-state index in [4.69, 9.17) is 9.97 Å². The van der Waals surface area contributed by atoms with Gasteiger partial charge in [0, 0.05) is 55.1 Å². The molecule has 5 aromatic rings. The van der Waals surface area contributed by atoms with E-state index in [0.717, 1.165) is 53.9 Å². The minimum Gasteiger partial charge on any atom is -0.365 e. The van der Waals surface area contributed by atoms with Gasteiger partial charge in [-0.2, -0.15) is 0 Å². The Morgan fingerprint density at radius 1 is 0.853 bits per heavy atom. The molecule has 0 aliphatic carbocycles. The number of anilines is 1. The molecule has 0 unspecified atom stereocenters. The number of rotatable bonds is 3. The van der Waals surface area contributed by atoms with Crippen molar-refractivity contribution >= 4 is 27.8 Å². The van der Waals surface area contributed by atoms with Crippen LogP contribution in [-0.4, -0.2) is 58.1 Å². The Kier molecular flexibility index (Phi) is 5.04. The molecule has 34 heavy (non-hydrogen) atoms.